The number of nitrogens with zero attached hydrogens (tertiary/aromatic N) is 2. The molecule has 0 unspecified atom stereocenters. The molecule has 0 fully saturated rings. The normalized spacial score (nSPS) is 13.1. The van der Waals surface area contributed by atoms with Crippen LogP contribution in [0.1, 0.15) is 25.0 Å². The highest BCUT2D eigenvalue weighted by molar-refractivity contribution is 7.20. The number of anilines is 3. The molecule has 63 heavy (non-hydrogen) atoms. The average molecular weight is 827 g/mol. The lowest BCUT2D eigenvalue weighted by molar-refractivity contribution is 0.628. The molecule has 0 atom stereocenters. The van der Waals surface area contributed by atoms with E-state index in [1.54, 1.807) is 12.1 Å². The maximum Gasteiger partial charge on any atom is 0.179 e. The zero-order valence-electron chi connectivity index (χ0n) is 35.1. The Hall–Kier alpha value is -7.53. The minimum Gasteiger partial charge on any atom is -0.310 e. The van der Waals surface area contributed by atoms with Crippen LogP contribution in [0.5, 0.6) is 0 Å². The van der Waals surface area contributed by atoms with Crippen molar-refractivity contribution in [2.45, 2.75) is 19.3 Å². The van der Waals surface area contributed by atoms with E-state index < -0.39 is 8.07 Å². The van der Waals surface area contributed by atoms with Crippen molar-refractivity contribution in [3.8, 4) is 5.69 Å². The van der Waals surface area contributed by atoms with Gasteiger partial charge in [-0.3, -0.25) is 0 Å². The fourth-order valence-electron chi connectivity index (χ4n) is 10.9. The molecule has 2 nitrogen and oxygen atoms in total. The first-order chi connectivity index (χ1) is 30.9. The van der Waals surface area contributed by atoms with Gasteiger partial charge in [0.25, 0.3) is 0 Å². The monoisotopic (exact) mass is 826 g/mol. The molecule has 0 spiro atoms. The summed E-state index contributed by atoms with van der Waals surface area (Å²) in [5, 5.41) is 12.8. The van der Waals surface area contributed by atoms with Gasteiger partial charge >= 0.3 is 0 Å². The molecule has 10 aromatic carbocycles. The molecule has 0 saturated heterocycles. The zero-order chi connectivity index (χ0) is 42.3. The third-order valence-corrected chi connectivity index (χ3v) is 18.5. The summed E-state index contributed by atoms with van der Waals surface area (Å²) in [7, 11) is -2.84. The molecule has 4 heteroatoms. The Labute approximate surface area is 367 Å². The molecular weight excluding hydrogens is 784 g/mol. The number of hydrogen-bond acceptors (Lipinski definition) is 1. The number of aromatic nitrogens is 1. The van der Waals surface area contributed by atoms with Crippen molar-refractivity contribution < 1.29 is 4.39 Å². The quantitative estimate of drug-likeness (QED) is 0.0842. The number of halogens is 1. The van der Waals surface area contributed by atoms with E-state index in [9.17, 15) is 4.39 Å². The predicted molar refractivity (Wildman–Crippen MR) is 266 cm³/mol. The molecule has 300 valence electrons. The molecule has 1 heterocycles. The van der Waals surface area contributed by atoms with Crippen LogP contribution in [0.25, 0.3) is 49.0 Å². The summed E-state index contributed by atoms with van der Waals surface area (Å²) in [5.74, 6) is -0.258. The van der Waals surface area contributed by atoms with Crippen molar-refractivity contribution in [1.29, 1.82) is 0 Å². The van der Waals surface area contributed by atoms with Crippen molar-refractivity contribution in [1.82, 2.24) is 4.57 Å². The number of rotatable bonds is 8. The Morgan fingerprint density at radius 3 is 1.59 bits per heavy atom. The van der Waals surface area contributed by atoms with Crippen LogP contribution in [-0.4, -0.2) is 12.6 Å². The van der Waals surface area contributed by atoms with Gasteiger partial charge in [0.2, 0.25) is 0 Å². The Bertz CT molecular complexity index is 3430. The summed E-state index contributed by atoms with van der Waals surface area (Å²) in [6.45, 7) is 4.68. The van der Waals surface area contributed by atoms with Crippen LogP contribution >= 0.6 is 0 Å². The highest BCUT2D eigenvalue weighted by Crippen LogP contribution is 2.51. The maximum atomic E-state index is 14.7. The van der Waals surface area contributed by atoms with Crippen molar-refractivity contribution in [2.75, 3.05) is 4.90 Å². The second kappa shape index (κ2) is 14.3. The zero-order valence-corrected chi connectivity index (χ0v) is 36.1. The topological polar surface area (TPSA) is 8.17 Å². The molecule has 0 amide bonds. The van der Waals surface area contributed by atoms with E-state index in [1.807, 2.05) is 12.1 Å². The van der Waals surface area contributed by atoms with Crippen molar-refractivity contribution in [3.05, 3.63) is 241 Å². The molecule has 0 N–H and O–H groups in total. The van der Waals surface area contributed by atoms with Crippen LogP contribution < -0.4 is 25.6 Å². The lowest BCUT2D eigenvalue weighted by Gasteiger charge is -2.34. The second-order valence-corrected chi connectivity index (χ2v) is 21.3. The summed E-state index contributed by atoms with van der Waals surface area (Å²) < 4.78 is 17.1. The molecule has 0 aliphatic heterocycles. The number of para-hydroxylation sites is 1. The maximum absolute atomic E-state index is 14.7. The SMILES string of the molecule is CC1(C)c2cccc3ccc4cc(N(c5ccc(F)cc5)c5ccc6c(c5)c5cc([Si](c7ccccc7)(c7ccccc7)c7ccccc7)ccc5n6-c5ccccc5)cc1c4c23. The van der Waals surface area contributed by atoms with Gasteiger partial charge in [-0.25, -0.2) is 4.39 Å². The largest absolute Gasteiger partial charge is 0.310 e. The third-order valence-electron chi connectivity index (χ3n) is 13.7. The van der Waals surface area contributed by atoms with Gasteiger partial charge < -0.3 is 9.47 Å². The minimum absolute atomic E-state index is 0.192. The second-order valence-electron chi connectivity index (χ2n) is 17.4. The summed E-state index contributed by atoms with van der Waals surface area (Å²) in [4.78, 5) is 2.31. The van der Waals surface area contributed by atoms with Gasteiger partial charge in [-0.05, 0) is 126 Å². The van der Waals surface area contributed by atoms with E-state index in [-0.39, 0.29) is 11.2 Å². The van der Waals surface area contributed by atoms with Crippen LogP contribution in [0, 0.1) is 5.82 Å². The smallest absolute Gasteiger partial charge is 0.179 e. The Balaban J connectivity index is 1.15. The van der Waals surface area contributed by atoms with Crippen LogP contribution in [0.2, 0.25) is 0 Å². The fraction of sp³-hybridized carbons (Fsp3) is 0.0508. The van der Waals surface area contributed by atoms with E-state index in [1.165, 1.54) is 58.8 Å². The Morgan fingerprint density at radius 2 is 0.952 bits per heavy atom. The number of hydrogen-bond donors (Lipinski definition) is 0. The molecule has 12 rings (SSSR count). The molecule has 0 bridgehead atoms. The minimum atomic E-state index is -2.84. The van der Waals surface area contributed by atoms with E-state index in [4.69, 9.17) is 0 Å². The highest BCUT2D eigenvalue weighted by atomic mass is 28.3. The van der Waals surface area contributed by atoms with Crippen molar-refractivity contribution in [3.63, 3.8) is 0 Å². The highest BCUT2D eigenvalue weighted by Gasteiger charge is 2.42. The summed E-state index contributed by atoms with van der Waals surface area (Å²) in [6, 6.07) is 81.0. The van der Waals surface area contributed by atoms with E-state index in [0.29, 0.717) is 0 Å². The predicted octanol–water partition coefficient (Wildman–Crippen LogP) is 12.7. The summed E-state index contributed by atoms with van der Waals surface area (Å²) in [5.41, 5.74) is 8.79. The standard InChI is InChI=1S/C59H43FN2Si/c1-59(2)53-25-15-16-40-26-27-41-36-46(38-54(59)58(41)57(40)53)61(44-30-28-42(60)29-31-44)45-32-34-55-51(37-45)52-39-50(33-35-56(52)62(55)43-17-7-3-8-18-43)63(47-19-9-4-10-20-47,48-21-11-5-12-22-48)49-23-13-6-14-24-49/h3-39H,1-2H3. The van der Waals surface area contributed by atoms with Gasteiger partial charge in [-0.1, -0.05) is 166 Å². The molecule has 1 aromatic heterocycles. The van der Waals surface area contributed by atoms with Gasteiger partial charge in [0.1, 0.15) is 5.82 Å². The molecule has 0 radical (unpaired) electrons. The van der Waals surface area contributed by atoms with Crippen molar-refractivity contribution >= 4 is 89.2 Å². The van der Waals surface area contributed by atoms with E-state index in [2.05, 4.69) is 224 Å². The lowest BCUT2D eigenvalue weighted by atomic mass is 9.81. The van der Waals surface area contributed by atoms with E-state index >= 15 is 0 Å². The lowest BCUT2D eigenvalue weighted by Crippen LogP contribution is -2.74. The van der Waals surface area contributed by atoms with E-state index in [0.717, 1.165) is 39.2 Å². The first-order valence-corrected chi connectivity index (χ1v) is 23.8. The van der Waals surface area contributed by atoms with Crippen LogP contribution in [-0.2, 0) is 5.41 Å². The van der Waals surface area contributed by atoms with Gasteiger partial charge in [0, 0.05) is 38.9 Å². The Kier molecular flexibility index (Phi) is 8.44. The number of benzene rings is 10. The average Bonchev–Trinajstić information content (AvgIpc) is 3.78. The molecule has 1 aliphatic carbocycles. The molecule has 1 aliphatic rings. The first kappa shape index (κ1) is 37.2. The molecule has 0 saturated carbocycles. The summed E-state index contributed by atoms with van der Waals surface area (Å²) >= 11 is 0. The van der Waals surface area contributed by atoms with Crippen LogP contribution in [0.3, 0.4) is 0 Å². The fourth-order valence-corrected chi connectivity index (χ4v) is 15.6. The Morgan fingerprint density at radius 1 is 0.413 bits per heavy atom. The van der Waals surface area contributed by atoms with Gasteiger partial charge in [-0.2, -0.15) is 0 Å². The van der Waals surface area contributed by atoms with Gasteiger partial charge in [-0.15, -0.1) is 0 Å². The van der Waals surface area contributed by atoms with Gasteiger partial charge in [0.05, 0.1) is 11.0 Å². The van der Waals surface area contributed by atoms with Gasteiger partial charge in [0.15, 0.2) is 8.07 Å². The number of fused-ring (bicyclic) bond motifs is 3. The van der Waals surface area contributed by atoms with Crippen LogP contribution in [0.15, 0.2) is 224 Å². The summed E-state index contributed by atoms with van der Waals surface area (Å²) in [6.07, 6.45) is 0. The molecule has 11 aromatic rings. The van der Waals surface area contributed by atoms with Crippen LogP contribution in [0.4, 0.5) is 21.5 Å². The van der Waals surface area contributed by atoms with Crippen molar-refractivity contribution in [2.24, 2.45) is 0 Å². The third kappa shape index (κ3) is 5.61. The molecular formula is C59H43FN2Si. The first-order valence-electron chi connectivity index (χ1n) is 21.8.